The molecule has 0 atom stereocenters. The number of carbonyl (C=O) groups excluding carboxylic acids is 1. The van der Waals surface area contributed by atoms with Crippen LogP contribution < -0.4 is 4.74 Å². The summed E-state index contributed by atoms with van der Waals surface area (Å²) in [6, 6.07) is 11.5. The summed E-state index contributed by atoms with van der Waals surface area (Å²) in [4.78, 5) is 18.1. The van der Waals surface area contributed by atoms with Gasteiger partial charge in [-0.05, 0) is 42.3 Å². The van der Waals surface area contributed by atoms with Gasteiger partial charge < -0.3 is 9.64 Å². The Kier molecular flexibility index (Phi) is 5.72. The number of likely N-dealkylation sites (N-methyl/N-ethyl adjacent to an activating group) is 1. The van der Waals surface area contributed by atoms with Gasteiger partial charge in [0.15, 0.2) is 0 Å². The van der Waals surface area contributed by atoms with Crippen LogP contribution in [0.15, 0.2) is 54.9 Å². The van der Waals surface area contributed by atoms with Gasteiger partial charge in [-0.15, -0.1) is 0 Å². The van der Waals surface area contributed by atoms with Gasteiger partial charge in [0.05, 0.1) is 7.11 Å². The van der Waals surface area contributed by atoms with E-state index < -0.39 is 0 Å². The standard InChI is InChI=1S/C18H20N2O2/c1-3-20(14-16-6-9-17(22-2)10-7-16)18(21)11-8-15-5-4-12-19-13-15/h4-13H,3,14H2,1-2H3/b11-8+. The molecule has 2 rings (SSSR count). The van der Waals surface area contributed by atoms with E-state index in [9.17, 15) is 4.79 Å². The average Bonchev–Trinajstić information content (AvgIpc) is 2.59. The molecule has 0 N–H and O–H groups in total. The quantitative estimate of drug-likeness (QED) is 0.769. The van der Waals surface area contributed by atoms with Crippen molar-refractivity contribution in [1.82, 2.24) is 9.88 Å². The highest BCUT2D eigenvalue weighted by atomic mass is 16.5. The summed E-state index contributed by atoms with van der Waals surface area (Å²) in [7, 11) is 1.64. The second-order valence-corrected chi connectivity index (χ2v) is 4.82. The van der Waals surface area contributed by atoms with Gasteiger partial charge >= 0.3 is 0 Å². The molecule has 0 saturated heterocycles. The third kappa shape index (κ3) is 4.45. The molecule has 0 spiro atoms. The highest BCUT2D eigenvalue weighted by Crippen LogP contribution is 2.13. The number of ether oxygens (including phenoxy) is 1. The van der Waals surface area contributed by atoms with Crippen molar-refractivity contribution >= 4 is 12.0 Å². The largest absolute Gasteiger partial charge is 0.497 e. The second kappa shape index (κ2) is 7.98. The van der Waals surface area contributed by atoms with E-state index in [4.69, 9.17) is 4.74 Å². The van der Waals surface area contributed by atoms with Crippen LogP contribution in [0.1, 0.15) is 18.1 Å². The summed E-state index contributed by atoms with van der Waals surface area (Å²) in [6.45, 7) is 3.21. The molecule has 1 aromatic heterocycles. The molecular weight excluding hydrogens is 276 g/mol. The fourth-order valence-corrected chi connectivity index (χ4v) is 2.04. The number of carbonyl (C=O) groups is 1. The van der Waals surface area contributed by atoms with Crippen LogP contribution in [0, 0.1) is 0 Å². The minimum absolute atomic E-state index is 0.0119. The Hall–Kier alpha value is -2.62. The summed E-state index contributed by atoms with van der Waals surface area (Å²) in [5, 5.41) is 0. The first-order valence-corrected chi connectivity index (χ1v) is 7.23. The van der Waals surface area contributed by atoms with Crippen molar-refractivity contribution in [3.63, 3.8) is 0 Å². The Morgan fingerprint density at radius 2 is 2.05 bits per heavy atom. The third-order valence-electron chi connectivity index (χ3n) is 3.33. The highest BCUT2D eigenvalue weighted by Gasteiger charge is 2.09. The smallest absolute Gasteiger partial charge is 0.246 e. The number of aromatic nitrogens is 1. The zero-order valence-corrected chi connectivity index (χ0v) is 12.9. The van der Waals surface area contributed by atoms with Gasteiger partial charge in [-0.2, -0.15) is 0 Å². The van der Waals surface area contributed by atoms with Crippen LogP contribution in [0.25, 0.3) is 6.08 Å². The van der Waals surface area contributed by atoms with Gasteiger partial charge in [0, 0.05) is 31.6 Å². The zero-order chi connectivity index (χ0) is 15.8. The fraction of sp³-hybridized carbons (Fsp3) is 0.222. The molecule has 0 radical (unpaired) electrons. The minimum Gasteiger partial charge on any atom is -0.497 e. The molecule has 0 saturated carbocycles. The Morgan fingerprint density at radius 1 is 1.27 bits per heavy atom. The first kappa shape index (κ1) is 15.8. The second-order valence-electron chi connectivity index (χ2n) is 4.82. The van der Waals surface area contributed by atoms with Crippen LogP contribution in [-0.2, 0) is 11.3 Å². The van der Waals surface area contributed by atoms with Crippen LogP contribution in [0.3, 0.4) is 0 Å². The lowest BCUT2D eigenvalue weighted by Gasteiger charge is -2.19. The molecule has 1 heterocycles. The molecule has 2 aromatic rings. The predicted octanol–water partition coefficient (Wildman–Crippen LogP) is 3.15. The molecule has 4 heteroatoms. The Labute approximate surface area is 131 Å². The maximum Gasteiger partial charge on any atom is 0.246 e. The first-order valence-electron chi connectivity index (χ1n) is 7.23. The molecule has 0 aliphatic rings. The van der Waals surface area contributed by atoms with Crippen molar-refractivity contribution in [3.05, 3.63) is 66.0 Å². The van der Waals surface area contributed by atoms with Crippen LogP contribution in [-0.4, -0.2) is 29.4 Å². The van der Waals surface area contributed by atoms with Gasteiger partial charge in [0.25, 0.3) is 0 Å². The van der Waals surface area contributed by atoms with E-state index in [1.165, 1.54) is 0 Å². The maximum absolute atomic E-state index is 12.3. The monoisotopic (exact) mass is 296 g/mol. The van der Waals surface area contributed by atoms with Crippen molar-refractivity contribution in [2.45, 2.75) is 13.5 Å². The molecular formula is C18H20N2O2. The van der Waals surface area contributed by atoms with Crippen molar-refractivity contribution in [2.24, 2.45) is 0 Å². The van der Waals surface area contributed by atoms with Crippen LogP contribution in [0.2, 0.25) is 0 Å². The average molecular weight is 296 g/mol. The Bertz CT molecular complexity index is 621. The third-order valence-corrected chi connectivity index (χ3v) is 3.33. The normalized spacial score (nSPS) is 10.6. The number of amides is 1. The van der Waals surface area contributed by atoms with Crippen molar-refractivity contribution in [2.75, 3.05) is 13.7 Å². The van der Waals surface area contributed by atoms with Crippen LogP contribution in [0.4, 0.5) is 0 Å². The highest BCUT2D eigenvalue weighted by molar-refractivity contribution is 5.91. The van der Waals surface area contributed by atoms with Gasteiger partial charge in [-0.25, -0.2) is 0 Å². The maximum atomic E-state index is 12.3. The van der Waals surface area contributed by atoms with E-state index in [1.54, 1.807) is 36.6 Å². The van der Waals surface area contributed by atoms with Gasteiger partial charge in [0.1, 0.15) is 5.75 Å². The molecule has 114 valence electrons. The van der Waals surface area contributed by atoms with E-state index >= 15 is 0 Å². The molecule has 1 aromatic carbocycles. The molecule has 4 nitrogen and oxygen atoms in total. The molecule has 0 unspecified atom stereocenters. The number of hydrogen-bond acceptors (Lipinski definition) is 3. The van der Waals surface area contributed by atoms with Crippen molar-refractivity contribution < 1.29 is 9.53 Å². The topological polar surface area (TPSA) is 42.4 Å². The molecule has 0 fully saturated rings. The van der Waals surface area contributed by atoms with Gasteiger partial charge in [-0.3, -0.25) is 9.78 Å². The minimum atomic E-state index is -0.0119. The van der Waals surface area contributed by atoms with Crippen molar-refractivity contribution in [3.8, 4) is 5.75 Å². The summed E-state index contributed by atoms with van der Waals surface area (Å²) in [5.41, 5.74) is 1.99. The first-order chi connectivity index (χ1) is 10.7. The molecule has 0 aliphatic heterocycles. The molecule has 0 aliphatic carbocycles. The number of methoxy groups -OCH3 is 1. The zero-order valence-electron chi connectivity index (χ0n) is 12.9. The number of hydrogen-bond donors (Lipinski definition) is 0. The number of benzene rings is 1. The lowest BCUT2D eigenvalue weighted by Crippen LogP contribution is -2.28. The fourth-order valence-electron chi connectivity index (χ4n) is 2.04. The number of nitrogens with zero attached hydrogens (tertiary/aromatic N) is 2. The lowest BCUT2D eigenvalue weighted by atomic mass is 10.2. The Morgan fingerprint density at radius 3 is 2.64 bits per heavy atom. The van der Waals surface area contributed by atoms with E-state index in [0.717, 1.165) is 16.9 Å². The van der Waals surface area contributed by atoms with E-state index in [0.29, 0.717) is 13.1 Å². The predicted molar refractivity (Wildman–Crippen MR) is 87.4 cm³/mol. The lowest BCUT2D eigenvalue weighted by molar-refractivity contribution is -0.126. The van der Waals surface area contributed by atoms with Crippen molar-refractivity contribution in [1.29, 1.82) is 0 Å². The van der Waals surface area contributed by atoms with E-state index in [-0.39, 0.29) is 5.91 Å². The summed E-state index contributed by atoms with van der Waals surface area (Å²) in [5.74, 6) is 0.803. The van der Waals surface area contributed by atoms with Gasteiger partial charge in [0.2, 0.25) is 5.91 Å². The van der Waals surface area contributed by atoms with E-state index in [1.807, 2.05) is 43.3 Å². The SMILES string of the molecule is CCN(Cc1ccc(OC)cc1)C(=O)/C=C/c1cccnc1. The van der Waals surface area contributed by atoms with Crippen LogP contribution in [0.5, 0.6) is 5.75 Å². The summed E-state index contributed by atoms with van der Waals surface area (Å²) < 4.78 is 5.14. The Balaban J connectivity index is 2.00. The summed E-state index contributed by atoms with van der Waals surface area (Å²) >= 11 is 0. The number of rotatable bonds is 6. The molecule has 0 bridgehead atoms. The van der Waals surface area contributed by atoms with E-state index in [2.05, 4.69) is 4.98 Å². The molecule has 1 amide bonds. The van der Waals surface area contributed by atoms with Crippen LogP contribution >= 0.6 is 0 Å². The number of pyridine rings is 1. The summed E-state index contributed by atoms with van der Waals surface area (Å²) in [6.07, 6.45) is 6.81. The molecule has 22 heavy (non-hydrogen) atoms. The van der Waals surface area contributed by atoms with Gasteiger partial charge in [-0.1, -0.05) is 18.2 Å².